The van der Waals surface area contributed by atoms with E-state index < -0.39 is 29.4 Å². The van der Waals surface area contributed by atoms with Crippen LogP contribution in [0.2, 0.25) is 0 Å². The quantitative estimate of drug-likeness (QED) is 0.412. The van der Waals surface area contributed by atoms with E-state index in [1.165, 1.54) is 11.9 Å². The van der Waals surface area contributed by atoms with E-state index in [0.717, 1.165) is 22.6 Å². The summed E-state index contributed by atoms with van der Waals surface area (Å²) in [5, 5.41) is 32.8. The van der Waals surface area contributed by atoms with Crippen molar-refractivity contribution in [1.82, 2.24) is 15.3 Å². The first-order valence-corrected chi connectivity index (χ1v) is 13.3. The van der Waals surface area contributed by atoms with Crippen LogP contribution in [0.15, 0.2) is 48.5 Å². The normalized spacial score (nSPS) is 25.5. The molecule has 40 heavy (non-hydrogen) atoms. The number of nitriles is 1. The summed E-state index contributed by atoms with van der Waals surface area (Å²) in [6.07, 6.45) is 1.49. The van der Waals surface area contributed by atoms with E-state index in [2.05, 4.69) is 5.32 Å². The Labute approximate surface area is 255 Å². The van der Waals surface area contributed by atoms with Crippen LogP contribution >= 0.6 is 0 Å². The summed E-state index contributed by atoms with van der Waals surface area (Å²) in [6.45, 7) is 0.992. The second-order valence-corrected chi connectivity index (χ2v) is 10.9. The standard InChI is InChI=1S/C21H19F2NO2.C8H13N3O2.U/c22-20(23)10-9-13-11-24(12-18(13)20)19(25)21(26)16-7-3-1-5-14(16)15-6-2-4-8-17(15)21;1-11(13)7(5-9)4-6-2-3-10-8(6)12;/h1-8,13,18,26H,9-12H2;6-7,13H,2-4H2,1H3,(H,10,12);/t13-,18+;;/m1../s1. The molecular formula is C29H32F2N4O4U. The van der Waals surface area contributed by atoms with Crippen molar-refractivity contribution >= 4 is 11.8 Å². The molecule has 2 saturated heterocycles. The van der Waals surface area contributed by atoms with Gasteiger partial charge in [-0.25, -0.2) is 8.78 Å². The van der Waals surface area contributed by atoms with Crippen molar-refractivity contribution in [2.24, 2.45) is 17.8 Å². The number of carbonyl (C=O) groups excluding carboxylic acids is 2. The van der Waals surface area contributed by atoms with E-state index in [1.807, 2.05) is 30.3 Å². The molecule has 4 aliphatic rings. The van der Waals surface area contributed by atoms with Crippen LogP contribution in [-0.2, 0) is 15.2 Å². The van der Waals surface area contributed by atoms with Gasteiger partial charge in [-0.2, -0.15) is 10.3 Å². The molecule has 3 N–H and O–H groups in total. The Morgan fingerprint density at radius 3 is 2.25 bits per heavy atom. The van der Waals surface area contributed by atoms with Crippen molar-refractivity contribution in [1.29, 1.82) is 5.26 Å². The molecule has 2 amide bonds. The zero-order chi connectivity index (χ0) is 27.9. The average molecular weight is 777 g/mol. The number of hydrogen-bond acceptors (Lipinski definition) is 6. The zero-order valence-electron chi connectivity index (χ0n) is 22.2. The van der Waals surface area contributed by atoms with Gasteiger partial charge in [0.1, 0.15) is 6.04 Å². The predicted molar refractivity (Wildman–Crippen MR) is 137 cm³/mol. The molecule has 4 atom stereocenters. The predicted octanol–water partition coefficient (Wildman–Crippen LogP) is 3.13. The van der Waals surface area contributed by atoms with E-state index in [4.69, 9.17) is 10.5 Å². The minimum absolute atomic E-state index is 0. The number of hydroxylamine groups is 2. The van der Waals surface area contributed by atoms with Crippen molar-refractivity contribution in [2.45, 2.75) is 43.2 Å². The Balaban J connectivity index is 0.000000226. The number of likely N-dealkylation sites (tertiary alicyclic amines) is 1. The fourth-order valence-corrected chi connectivity index (χ4v) is 6.47. The Hall–Kier alpha value is -2.34. The maximum absolute atomic E-state index is 14.1. The number of hydrogen-bond donors (Lipinski definition) is 3. The van der Waals surface area contributed by atoms with Crippen LogP contribution in [0.4, 0.5) is 8.78 Å². The fraction of sp³-hybridized carbons (Fsp3) is 0.483. The molecule has 0 bridgehead atoms. The van der Waals surface area contributed by atoms with Gasteiger partial charge in [0.2, 0.25) is 5.91 Å². The molecule has 0 aromatic heterocycles. The third-order valence-corrected chi connectivity index (χ3v) is 8.62. The van der Waals surface area contributed by atoms with Crippen LogP contribution in [0.25, 0.3) is 11.1 Å². The van der Waals surface area contributed by atoms with Crippen molar-refractivity contribution in [2.75, 3.05) is 26.7 Å². The van der Waals surface area contributed by atoms with E-state index in [9.17, 15) is 23.5 Å². The average Bonchev–Trinajstić information content (AvgIpc) is 3.67. The maximum atomic E-state index is 14.1. The summed E-state index contributed by atoms with van der Waals surface area (Å²) in [7, 11) is 1.42. The van der Waals surface area contributed by atoms with Gasteiger partial charge in [-0.1, -0.05) is 48.5 Å². The van der Waals surface area contributed by atoms with Gasteiger partial charge >= 0.3 is 0 Å². The van der Waals surface area contributed by atoms with Crippen LogP contribution < -0.4 is 5.32 Å². The Morgan fingerprint density at radius 2 is 1.75 bits per heavy atom. The first-order valence-electron chi connectivity index (χ1n) is 13.3. The number of fused-ring (bicyclic) bond motifs is 4. The van der Waals surface area contributed by atoms with Gasteiger partial charge in [0, 0.05) is 87.2 Å². The van der Waals surface area contributed by atoms with Gasteiger partial charge < -0.3 is 20.5 Å². The molecule has 6 rings (SSSR count). The molecule has 2 aromatic carbocycles. The van der Waals surface area contributed by atoms with Crippen LogP contribution in [0.3, 0.4) is 0 Å². The minimum Gasteiger partial charge on any atom is -0.372 e. The number of alkyl halides is 2. The van der Waals surface area contributed by atoms with Crippen molar-refractivity contribution < 1.29 is 59.8 Å². The third kappa shape index (κ3) is 5.33. The molecule has 8 nitrogen and oxygen atoms in total. The van der Waals surface area contributed by atoms with E-state index in [1.54, 1.807) is 24.3 Å². The van der Waals surface area contributed by atoms with Crippen molar-refractivity contribution in [3.05, 3.63) is 59.7 Å². The number of carbonyl (C=O) groups is 2. The number of rotatable bonds is 4. The molecule has 1 saturated carbocycles. The SMILES string of the molecule is CN(O)C(C#N)CC1CCNC1=O.O=C(N1C[C@H]2CCC(F)(F)[C@H]2C1)C1(O)c2ccccc2-c2ccccc21.[U]. The summed E-state index contributed by atoms with van der Waals surface area (Å²) < 4.78 is 28.2. The van der Waals surface area contributed by atoms with Crippen LogP contribution in [0, 0.1) is 60.2 Å². The van der Waals surface area contributed by atoms with Gasteiger partial charge in [0.25, 0.3) is 11.8 Å². The largest absolute Gasteiger partial charge is 0.372 e. The van der Waals surface area contributed by atoms with Gasteiger partial charge in [0.15, 0.2) is 5.60 Å². The van der Waals surface area contributed by atoms with Gasteiger partial charge in [-0.05, 0) is 36.3 Å². The molecule has 11 heteroatoms. The van der Waals surface area contributed by atoms with Crippen molar-refractivity contribution in [3.63, 3.8) is 0 Å². The molecule has 0 spiro atoms. The van der Waals surface area contributed by atoms with E-state index in [-0.39, 0.29) is 61.8 Å². The summed E-state index contributed by atoms with van der Waals surface area (Å²) in [6, 6.07) is 15.9. The number of halogens is 2. The zero-order valence-corrected chi connectivity index (χ0v) is 26.4. The number of benzene rings is 2. The minimum atomic E-state index is -2.71. The molecule has 210 valence electrons. The molecule has 2 heterocycles. The molecule has 2 unspecified atom stereocenters. The van der Waals surface area contributed by atoms with Gasteiger partial charge in [0.05, 0.1) is 6.07 Å². The van der Waals surface area contributed by atoms with E-state index >= 15 is 0 Å². The molecular weight excluding hydrogens is 744 g/mol. The molecule has 2 aliphatic carbocycles. The number of aliphatic hydroxyl groups is 1. The summed E-state index contributed by atoms with van der Waals surface area (Å²) in [5.41, 5.74) is 0.915. The van der Waals surface area contributed by atoms with Crippen LogP contribution in [-0.4, -0.2) is 70.7 Å². The summed E-state index contributed by atoms with van der Waals surface area (Å²) in [4.78, 5) is 25.9. The second-order valence-electron chi connectivity index (χ2n) is 10.9. The third-order valence-electron chi connectivity index (χ3n) is 8.62. The van der Waals surface area contributed by atoms with Gasteiger partial charge in [-0.15, -0.1) is 0 Å². The molecule has 3 fully saturated rings. The number of amides is 2. The molecule has 0 radical (unpaired) electrons. The second kappa shape index (κ2) is 11.9. The van der Waals surface area contributed by atoms with E-state index in [0.29, 0.717) is 37.1 Å². The monoisotopic (exact) mass is 776 g/mol. The smallest absolute Gasteiger partial charge is 0.264 e. The summed E-state index contributed by atoms with van der Waals surface area (Å²) >= 11 is 0. The topological polar surface area (TPSA) is 117 Å². The number of nitrogens with zero attached hydrogens (tertiary/aromatic N) is 3. The van der Waals surface area contributed by atoms with Gasteiger partial charge in [-0.3, -0.25) is 9.59 Å². The Kier molecular flexibility index (Phi) is 9.09. The maximum Gasteiger partial charge on any atom is 0.264 e. The number of nitrogens with one attached hydrogen (secondary N) is 1. The van der Waals surface area contributed by atoms with Crippen LogP contribution in [0.1, 0.15) is 36.8 Å². The van der Waals surface area contributed by atoms with Crippen molar-refractivity contribution in [3.8, 4) is 17.2 Å². The summed E-state index contributed by atoms with van der Waals surface area (Å²) in [5.74, 6) is -4.30. The molecule has 2 aromatic rings. The molecule has 2 aliphatic heterocycles. The Bertz CT molecular complexity index is 1270. The fourth-order valence-electron chi connectivity index (χ4n) is 6.47. The van der Waals surface area contributed by atoms with Crippen LogP contribution in [0.5, 0.6) is 0 Å². The first-order chi connectivity index (χ1) is 18.6. The first kappa shape index (κ1) is 30.6. The Morgan fingerprint density at radius 1 is 1.15 bits per heavy atom.